The van der Waals surface area contributed by atoms with Crippen molar-refractivity contribution in [1.82, 2.24) is 0 Å². The number of aliphatic hydroxyl groups is 1. The van der Waals surface area contributed by atoms with Crippen LogP contribution in [0.1, 0.15) is 17.5 Å². The largest absolute Gasteiger partial charge is 0.497 e. The van der Waals surface area contributed by atoms with E-state index < -0.39 is 0 Å². The minimum atomic E-state index is -0.313. The Bertz CT molecular complexity index is 494. The van der Waals surface area contributed by atoms with Crippen LogP contribution in [0.2, 0.25) is 0 Å². The van der Waals surface area contributed by atoms with Gasteiger partial charge < -0.3 is 9.84 Å². The van der Waals surface area contributed by atoms with E-state index in [-0.39, 0.29) is 6.10 Å². The quantitative estimate of drug-likeness (QED) is 0.859. The van der Waals surface area contributed by atoms with E-state index in [0.29, 0.717) is 6.42 Å². The van der Waals surface area contributed by atoms with Crippen LogP contribution in [0, 0.1) is 0 Å². The normalized spacial score (nSPS) is 12.1. The molecule has 2 aromatic rings. The zero-order valence-corrected chi connectivity index (χ0v) is 11.3. The average molecular weight is 256 g/mol. The molecular formula is C17H20O2. The highest BCUT2D eigenvalue weighted by atomic mass is 16.5. The average Bonchev–Trinajstić information content (AvgIpc) is 2.46. The van der Waals surface area contributed by atoms with Crippen LogP contribution in [0.5, 0.6) is 5.75 Å². The van der Waals surface area contributed by atoms with E-state index in [2.05, 4.69) is 12.1 Å². The standard InChI is InChI=1S/C17H20O2/c1-19-17-9-5-8-15(13-17)12-16(18)11-10-14-6-3-2-4-7-14/h2-9,13,16,18H,10-12H2,1H3. The molecule has 1 unspecified atom stereocenters. The minimum absolute atomic E-state index is 0.313. The Labute approximate surface area is 114 Å². The second-order valence-corrected chi connectivity index (χ2v) is 4.73. The van der Waals surface area contributed by atoms with Gasteiger partial charge in [0.15, 0.2) is 0 Å². The van der Waals surface area contributed by atoms with Gasteiger partial charge in [0.1, 0.15) is 5.75 Å². The third-order valence-electron chi connectivity index (χ3n) is 3.21. The van der Waals surface area contributed by atoms with Crippen LogP contribution in [-0.4, -0.2) is 18.3 Å². The summed E-state index contributed by atoms with van der Waals surface area (Å²) >= 11 is 0. The Hall–Kier alpha value is -1.80. The molecule has 19 heavy (non-hydrogen) atoms. The highest BCUT2D eigenvalue weighted by Gasteiger charge is 2.06. The number of rotatable bonds is 6. The lowest BCUT2D eigenvalue weighted by Crippen LogP contribution is -2.11. The number of aliphatic hydroxyl groups excluding tert-OH is 1. The zero-order valence-electron chi connectivity index (χ0n) is 11.3. The number of hydrogen-bond donors (Lipinski definition) is 1. The van der Waals surface area contributed by atoms with Crippen LogP contribution in [0.15, 0.2) is 54.6 Å². The van der Waals surface area contributed by atoms with Gasteiger partial charge in [0, 0.05) is 0 Å². The molecule has 0 bridgehead atoms. The first kappa shape index (κ1) is 13.6. The Morgan fingerprint density at radius 3 is 2.47 bits per heavy atom. The number of methoxy groups -OCH3 is 1. The first-order chi connectivity index (χ1) is 9.28. The maximum atomic E-state index is 10.1. The number of benzene rings is 2. The Morgan fingerprint density at radius 2 is 1.74 bits per heavy atom. The van der Waals surface area contributed by atoms with Gasteiger partial charge in [-0.25, -0.2) is 0 Å². The molecule has 100 valence electrons. The van der Waals surface area contributed by atoms with E-state index in [1.54, 1.807) is 7.11 Å². The SMILES string of the molecule is COc1cccc(CC(O)CCc2ccccc2)c1. The molecule has 2 heteroatoms. The fourth-order valence-corrected chi connectivity index (χ4v) is 2.15. The summed E-state index contributed by atoms with van der Waals surface area (Å²) in [5.74, 6) is 0.841. The lowest BCUT2D eigenvalue weighted by atomic mass is 10.0. The van der Waals surface area contributed by atoms with Crippen molar-refractivity contribution in [1.29, 1.82) is 0 Å². The van der Waals surface area contributed by atoms with Gasteiger partial charge in [-0.3, -0.25) is 0 Å². The smallest absolute Gasteiger partial charge is 0.119 e. The molecule has 0 saturated carbocycles. The molecule has 2 nitrogen and oxygen atoms in total. The van der Waals surface area contributed by atoms with Crippen molar-refractivity contribution in [2.75, 3.05) is 7.11 Å². The van der Waals surface area contributed by atoms with Gasteiger partial charge in [0.25, 0.3) is 0 Å². The highest BCUT2D eigenvalue weighted by molar-refractivity contribution is 5.28. The van der Waals surface area contributed by atoms with E-state index in [9.17, 15) is 5.11 Å². The van der Waals surface area contributed by atoms with Crippen LogP contribution in [0.4, 0.5) is 0 Å². The van der Waals surface area contributed by atoms with Crippen molar-refractivity contribution in [2.24, 2.45) is 0 Å². The zero-order chi connectivity index (χ0) is 13.5. The number of hydrogen-bond acceptors (Lipinski definition) is 2. The van der Waals surface area contributed by atoms with E-state index in [0.717, 1.165) is 24.2 Å². The fourth-order valence-electron chi connectivity index (χ4n) is 2.15. The molecule has 0 saturated heterocycles. The predicted molar refractivity (Wildman–Crippen MR) is 77.5 cm³/mol. The Morgan fingerprint density at radius 1 is 1.00 bits per heavy atom. The third-order valence-corrected chi connectivity index (χ3v) is 3.21. The van der Waals surface area contributed by atoms with E-state index in [1.807, 2.05) is 42.5 Å². The van der Waals surface area contributed by atoms with Crippen LogP contribution in [0.25, 0.3) is 0 Å². The van der Waals surface area contributed by atoms with Gasteiger partial charge in [-0.05, 0) is 42.5 Å². The maximum absolute atomic E-state index is 10.1. The number of ether oxygens (including phenoxy) is 1. The maximum Gasteiger partial charge on any atom is 0.119 e. The summed E-state index contributed by atoms with van der Waals surface area (Å²) in [7, 11) is 1.66. The lowest BCUT2D eigenvalue weighted by Gasteiger charge is -2.11. The van der Waals surface area contributed by atoms with E-state index >= 15 is 0 Å². The van der Waals surface area contributed by atoms with Gasteiger partial charge in [0.05, 0.1) is 13.2 Å². The van der Waals surface area contributed by atoms with Crippen LogP contribution >= 0.6 is 0 Å². The fraction of sp³-hybridized carbons (Fsp3) is 0.294. The second kappa shape index (κ2) is 6.95. The predicted octanol–water partition coefficient (Wildman–Crippen LogP) is 3.23. The van der Waals surface area contributed by atoms with Crippen molar-refractivity contribution in [3.05, 3.63) is 65.7 Å². The van der Waals surface area contributed by atoms with Crippen molar-refractivity contribution >= 4 is 0 Å². The van der Waals surface area contributed by atoms with Gasteiger partial charge in [-0.15, -0.1) is 0 Å². The second-order valence-electron chi connectivity index (χ2n) is 4.73. The van der Waals surface area contributed by atoms with Crippen molar-refractivity contribution < 1.29 is 9.84 Å². The molecule has 0 aliphatic heterocycles. The van der Waals surface area contributed by atoms with E-state index in [1.165, 1.54) is 5.56 Å². The molecule has 1 atom stereocenters. The molecule has 0 amide bonds. The first-order valence-electron chi connectivity index (χ1n) is 6.63. The summed E-state index contributed by atoms with van der Waals surface area (Å²) in [4.78, 5) is 0. The number of aryl methyl sites for hydroxylation is 1. The molecule has 0 spiro atoms. The van der Waals surface area contributed by atoms with E-state index in [4.69, 9.17) is 4.74 Å². The van der Waals surface area contributed by atoms with Crippen LogP contribution < -0.4 is 4.74 Å². The van der Waals surface area contributed by atoms with Gasteiger partial charge >= 0.3 is 0 Å². The monoisotopic (exact) mass is 256 g/mol. The van der Waals surface area contributed by atoms with Crippen molar-refractivity contribution in [2.45, 2.75) is 25.4 Å². The van der Waals surface area contributed by atoms with Crippen molar-refractivity contribution in [3.8, 4) is 5.75 Å². The summed E-state index contributed by atoms with van der Waals surface area (Å²) in [5, 5.41) is 10.1. The molecule has 0 fully saturated rings. The summed E-state index contributed by atoms with van der Waals surface area (Å²) in [6, 6.07) is 18.1. The molecular weight excluding hydrogens is 236 g/mol. The first-order valence-corrected chi connectivity index (χ1v) is 6.63. The Kier molecular flexibility index (Phi) is 4.99. The van der Waals surface area contributed by atoms with Crippen molar-refractivity contribution in [3.63, 3.8) is 0 Å². The summed E-state index contributed by atoms with van der Waals surface area (Å²) in [6.45, 7) is 0. The molecule has 0 aliphatic rings. The van der Waals surface area contributed by atoms with Crippen LogP contribution in [0.3, 0.4) is 0 Å². The van der Waals surface area contributed by atoms with Gasteiger partial charge in [-0.1, -0.05) is 42.5 Å². The highest BCUT2D eigenvalue weighted by Crippen LogP contribution is 2.15. The Balaban J connectivity index is 1.85. The third kappa shape index (κ3) is 4.42. The molecule has 0 aromatic heterocycles. The molecule has 2 rings (SSSR count). The summed E-state index contributed by atoms with van der Waals surface area (Å²) < 4.78 is 5.18. The topological polar surface area (TPSA) is 29.5 Å². The van der Waals surface area contributed by atoms with Gasteiger partial charge in [-0.2, -0.15) is 0 Å². The molecule has 0 radical (unpaired) electrons. The molecule has 2 aromatic carbocycles. The lowest BCUT2D eigenvalue weighted by molar-refractivity contribution is 0.165. The summed E-state index contributed by atoms with van der Waals surface area (Å²) in [5.41, 5.74) is 2.38. The summed E-state index contributed by atoms with van der Waals surface area (Å²) in [6.07, 6.45) is 2.05. The molecule has 1 N–H and O–H groups in total. The molecule has 0 aliphatic carbocycles. The van der Waals surface area contributed by atoms with Gasteiger partial charge in [0.2, 0.25) is 0 Å². The molecule has 0 heterocycles. The minimum Gasteiger partial charge on any atom is -0.497 e. The van der Waals surface area contributed by atoms with Crippen LogP contribution in [-0.2, 0) is 12.8 Å².